The summed E-state index contributed by atoms with van der Waals surface area (Å²) in [7, 11) is 1.64. The van der Waals surface area contributed by atoms with Crippen molar-refractivity contribution >= 4 is 23.1 Å². The number of rotatable bonds is 7. The molecule has 0 bridgehead atoms. The van der Waals surface area contributed by atoms with Crippen LogP contribution in [0.4, 0.5) is 0 Å². The molecule has 8 heteroatoms. The summed E-state index contributed by atoms with van der Waals surface area (Å²) in [6, 6.07) is 5.87. The molecule has 0 aliphatic heterocycles. The third kappa shape index (κ3) is 3.83. The number of aromatic amines is 1. The first kappa shape index (κ1) is 15.8. The van der Waals surface area contributed by atoms with Gasteiger partial charge >= 0.3 is 0 Å². The fourth-order valence-corrected chi connectivity index (χ4v) is 3.58. The summed E-state index contributed by atoms with van der Waals surface area (Å²) in [6.45, 7) is 2.56. The number of nitrogens with zero attached hydrogens (tertiary/aromatic N) is 3. The van der Waals surface area contributed by atoms with Crippen LogP contribution in [-0.4, -0.2) is 33.9 Å². The molecule has 3 aromatic rings. The maximum atomic E-state index is 5.54. The van der Waals surface area contributed by atoms with Crippen molar-refractivity contribution in [2.24, 2.45) is 0 Å². The molecule has 0 radical (unpaired) electrons. The van der Waals surface area contributed by atoms with Gasteiger partial charge in [-0.2, -0.15) is 5.10 Å². The Kier molecular flexibility index (Phi) is 5.14. The molecule has 1 aromatic carbocycles. The zero-order valence-electron chi connectivity index (χ0n) is 12.8. The van der Waals surface area contributed by atoms with Crippen LogP contribution in [0.25, 0.3) is 10.6 Å². The van der Waals surface area contributed by atoms with Crippen molar-refractivity contribution in [3.8, 4) is 22.1 Å². The van der Waals surface area contributed by atoms with E-state index < -0.39 is 0 Å². The van der Waals surface area contributed by atoms with Gasteiger partial charge < -0.3 is 9.47 Å². The molecule has 6 nitrogen and oxygen atoms in total. The van der Waals surface area contributed by atoms with E-state index in [1.54, 1.807) is 30.2 Å². The van der Waals surface area contributed by atoms with Crippen LogP contribution in [0.15, 0.2) is 35.1 Å². The Morgan fingerprint density at radius 1 is 1.30 bits per heavy atom. The number of benzene rings is 1. The monoisotopic (exact) mass is 348 g/mol. The summed E-state index contributed by atoms with van der Waals surface area (Å²) in [5.74, 6) is 2.22. The molecule has 2 aromatic heterocycles. The molecule has 0 saturated heterocycles. The highest BCUT2D eigenvalue weighted by molar-refractivity contribution is 7.98. The molecule has 0 spiro atoms. The largest absolute Gasteiger partial charge is 0.493 e. The average Bonchev–Trinajstić information content (AvgIpc) is 3.25. The Morgan fingerprint density at radius 2 is 2.22 bits per heavy atom. The summed E-state index contributed by atoms with van der Waals surface area (Å²) in [5, 5.41) is 10.5. The van der Waals surface area contributed by atoms with Gasteiger partial charge in [-0.25, -0.2) is 9.97 Å². The molecule has 1 N–H and O–H groups in total. The molecule has 3 rings (SSSR count). The second-order valence-corrected chi connectivity index (χ2v) is 6.34. The number of nitrogens with one attached hydrogen (secondary N) is 1. The molecule has 0 unspecified atom stereocenters. The predicted molar refractivity (Wildman–Crippen MR) is 91.2 cm³/mol. The summed E-state index contributed by atoms with van der Waals surface area (Å²) in [6.07, 6.45) is 1.50. The van der Waals surface area contributed by atoms with Crippen molar-refractivity contribution in [2.75, 3.05) is 13.7 Å². The van der Waals surface area contributed by atoms with Gasteiger partial charge in [-0.15, -0.1) is 11.3 Å². The Bertz CT molecular complexity index is 759. The van der Waals surface area contributed by atoms with Gasteiger partial charge in [0.1, 0.15) is 11.3 Å². The molecular weight excluding hydrogens is 332 g/mol. The maximum Gasteiger partial charge on any atom is 0.183 e. The van der Waals surface area contributed by atoms with Crippen LogP contribution in [-0.2, 0) is 5.75 Å². The van der Waals surface area contributed by atoms with Crippen LogP contribution < -0.4 is 9.47 Å². The predicted octanol–water partition coefficient (Wildman–Crippen LogP) is 3.63. The number of H-pyrrole nitrogens is 1. The summed E-state index contributed by atoms with van der Waals surface area (Å²) >= 11 is 3.19. The molecule has 2 heterocycles. The molecule has 0 aliphatic rings. The van der Waals surface area contributed by atoms with Crippen LogP contribution in [0.3, 0.4) is 0 Å². The van der Waals surface area contributed by atoms with Crippen molar-refractivity contribution in [2.45, 2.75) is 17.8 Å². The Hall–Kier alpha value is -2.06. The highest BCUT2D eigenvalue weighted by Gasteiger charge is 2.10. The smallest absolute Gasteiger partial charge is 0.183 e. The number of thioether (sulfide) groups is 1. The first-order valence-corrected chi connectivity index (χ1v) is 8.90. The van der Waals surface area contributed by atoms with E-state index in [0.29, 0.717) is 6.61 Å². The zero-order valence-corrected chi connectivity index (χ0v) is 14.4. The third-order valence-corrected chi connectivity index (χ3v) is 4.86. The van der Waals surface area contributed by atoms with E-state index in [0.717, 1.165) is 38.7 Å². The van der Waals surface area contributed by atoms with Crippen LogP contribution >= 0.6 is 23.1 Å². The van der Waals surface area contributed by atoms with E-state index in [1.807, 2.05) is 25.1 Å². The number of hydrogen-bond acceptors (Lipinski definition) is 7. The Balaban J connectivity index is 1.74. The summed E-state index contributed by atoms with van der Waals surface area (Å²) in [4.78, 5) is 8.76. The molecule has 0 fully saturated rings. The van der Waals surface area contributed by atoms with Crippen LogP contribution in [0.1, 0.15) is 12.6 Å². The minimum Gasteiger partial charge on any atom is -0.493 e. The first-order valence-electron chi connectivity index (χ1n) is 7.04. The Morgan fingerprint density at radius 3 is 2.96 bits per heavy atom. The Labute approximate surface area is 142 Å². The fraction of sp³-hybridized carbons (Fsp3) is 0.267. The molecule has 0 saturated carbocycles. The van der Waals surface area contributed by atoms with E-state index >= 15 is 0 Å². The van der Waals surface area contributed by atoms with Gasteiger partial charge in [0.05, 0.1) is 19.4 Å². The van der Waals surface area contributed by atoms with Crippen molar-refractivity contribution in [3.63, 3.8) is 0 Å². The van der Waals surface area contributed by atoms with E-state index in [2.05, 4.69) is 25.5 Å². The number of hydrogen-bond donors (Lipinski definition) is 1. The van der Waals surface area contributed by atoms with Gasteiger partial charge in [-0.05, 0) is 25.1 Å². The van der Waals surface area contributed by atoms with Gasteiger partial charge in [-0.1, -0.05) is 11.8 Å². The lowest BCUT2D eigenvalue weighted by atomic mass is 10.2. The van der Waals surface area contributed by atoms with Crippen molar-refractivity contribution in [1.29, 1.82) is 0 Å². The number of methoxy groups -OCH3 is 1. The fourth-order valence-electron chi connectivity index (χ4n) is 1.99. The van der Waals surface area contributed by atoms with Gasteiger partial charge in [0.15, 0.2) is 16.7 Å². The second kappa shape index (κ2) is 7.47. The van der Waals surface area contributed by atoms with E-state index in [-0.39, 0.29) is 0 Å². The van der Waals surface area contributed by atoms with E-state index in [1.165, 1.54) is 6.33 Å². The van der Waals surface area contributed by atoms with Gasteiger partial charge in [0.2, 0.25) is 0 Å². The van der Waals surface area contributed by atoms with Gasteiger partial charge in [0, 0.05) is 16.7 Å². The van der Waals surface area contributed by atoms with Crippen LogP contribution in [0.5, 0.6) is 11.5 Å². The number of aromatic nitrogens is 4. The molecule has 120 valence electrons. The van der Waals surface area contributed by atoms with Crippen molar-refractivity contribution in [3.05, 3.63) is 35.6 Å². The topological polar surface area (TPSA) is 72.9 Å². The quantitative estimate of drug-likeness (QED) is 0.657. The lowest BCUT2D eigenvalue weighted by molar-refractivity contribution is 0.311. The molecular formula is C15H16N4O2S2. The summed E-state index contributed by atoms with van der Waals surface area (Å²) < 4.78 is 10.9. The van der Waals surface area contributed by atoms with Crippen LogP contribution in [0.2, 0.25) is 0 Å². The lowest BCUT2D eigenvalue weighted by Crippen LogP contribution is -1.95. The van der Waals surface area contributed by atoms with Gasteiger partial charge in [0.25, 0.3) is 0 Å². The molecule has 0 aliphatic carbocycles. The second-order valence-electron chi connectivity index (χ2n) is 4.52. The van der Waals surface area contributed by atoms with E-state index in [4.69, 9.17) is 9.47 Å². The van der Waals surface area contributed by atoms with Crippen LogP contribution in [0, 0.1) is 0 Å². The van der Waals surface area contributed by atoms with Crippen molar-refractivity contribution in [1.82, 2.24) is 20.2 Å². The highest BCUT2D eigenvalue weighted by atomic mass is 32.2. The number of ether oxygens (including phenoxy) is 2. The minimum absolute atomic E-state index is 0.607. The van der Waals surface area contributed by atoms with Gasteiger partial charge in [-0.3, -0.25) is 5.10 Å². The first-order chi connectivity index (χ1) is 11.3. The maximum absolute atomic E-state index is 5.54. The minimum atomic E-state index is 0.607. The zero-order chi connectivity index (χ0) is 16.1. The third-order valence-electron chi connectivity index (χ3n) is 3.01. The lowest BCUT2D eigenvalue weighted by Gasteiger charge is -2.09. The van der Waals surface area contributed by atoms with Crippen molar-refractivity contribution < 1.29 is 9.47 Å². The normalized spacial score (nSPS) is 10.7. The SMILES string of the molecule is CCOc1ccc(-c2nc(CSc3ncn[nH]3)cs2)cc1OC. The standard InChI is InChI=1S/C15H16N4O2S2/c1-3-21-12-5-4-10(6-13(12)20-2)14-18-11(7-22-14)8-23-15-16-9-17-19-15/h4-7,9H,3,8H2,1-2H3,(H,16,17,19). The molecule has 0 amide bonds. The number of thiazole rings is 1. The molecule has 0 atom stereocenters. The van der Waals surface area contributed by atoms with E-state index in [9.17, 15) is 0 Å². The average molecular weight is 348 g/mol. The highest BCUT2D eigenvalue weighted by Crippen LogP contribution is 2.34. The molecule has 23 heavy (non-hydrogen) atoms. The summed E-state index contributed by atoms with van der Waals surface area (Å²) in [5.41, 5.74) is 2.03.